The van der Waals surface area contributed by atoms with E-state index in [1.54, 1.807) is 6.92 Å². The molecule has 5 heteroatoms. The van der Waals surface area contributed by atoms with E-state index in [1.165, 1.54) is 7.11 Å². The van der Waals surface area contributed by atoms with E-state index >= 15 is 0 Å². The molecule has 1 fully saturated rings. The molecule has 5 nitrogen and oxygen atoms in total. The monoisotopic (exact) mass is 363 g/mol. The zero-order chi connectivity index (χ0) is 19.4. The molecule has 0 aromatic carbocycles. The number of nitrogens with zero attached hydrogens (tertiary/aromatic N) is 1. The number of hydrogen-bond donors (Lipinski definition) is 1. The number of carbonyl (C=O) groups excluding carboxylic acids is 2. The summed E-state index contributed by atoms with van der Waals surface area (Å²) in [5.74, 6) is 5.94. The lowest BCUT2D eigenvalue weighted by Crippen LogP contribution is -2.33. The van der Waals surface area contributed by atoms with E-state index in [2.05, 4.69) is 16.6 Å². The first-order valence-corrected chi connectivity index (χ1v) is 9.61. The third-order valence-corrected chi connectivity index (χ3v) is 4.85. The third-order valence-electron chi connectivity index (χ3n) is 4.85. The van der Waals surface area contributed by atoms with Gasteiger partial charge >= 0.3 is 5.97 Å². The van der Waals surface area contributed by atoms with Gasteiger partial charge in [0.1, 0.15) is 0 Å². The third kappa shape index (κ3) is 8.05. The summed E-state index contributed by atoms with van der Waals surface area (Å²) in [7, 11) is 1.41. The van der Waals surface area contributed by atoms with Crippen LogP contribution in [0.3, 0.4) is 0 Å². The summed E-state index contributed by atoms with van der Waals surface area (Å²) in [5, 5.41) is 10.2. The summed E-state index contributed by atoms with van der Waals surface area (Å²) in [6.07, 6.45) is 9.49. The Morgan fingerprint density at radius 3 is 2.81 bits per heavy atom. The van der Waals surface area contributed by atoms with Crippen molar-refractivity contribution in [1.82, 2.24) is 4.90 Å². The molecule has 0 radical (unpaired) electrons. The Hall–Kier alpha value is -1.80. The van der Waals surface area contributed by atoms with Gasteiger partial charge in [-0.3, -0.25) is 9.59 Å². The predicted molar refractivity (Wildman–Crippen MR) is 102 cm³/mol. The van der Waals surface area contributed by atoms with Crippen molar-refractivity contribution in [3.05, 3.63) is 12.2 Å². The minimum Gasteiger partial charge on any atom is -0.469 e. The highest BCUT2D eigenvalue weighted by atomic mass is 16.5. The fourth-order valence-electron chi connectivity index (χ4n) is 3.07. The zero-order valence-corrected chi connectivity index (χ0v) is 16.4. The number of amides is 1. The standard InChI is InChI=1S/C21H33NO4/c1-4-5-10-17(2)19(23)14-12-18-13-15-20(24)22(18)16-9-7-6-8-11-21(25)26-3/h12,14,17-19,23H,6-11,13,15-16H2,1-3H3/t17-,18-,19+/m0/s1. The maximum atomic E-state index is 12.1. The quantitative estimate of drug-likeness (QED) is 0.265. The molecule has 1 aliphatic heterocycles. The van der Waals surface area contributed by atoms with Crippen molar-refractivity contribution in [2.24, 2.45) is 5.92 Å². The Bertz CT molecular complexity index is 532. The number of methoxy groups -OCH3 is 1. The van der Waals surface area contributed by atoms with Gasteiger partial charge in [0.25, 0.3) is 0 Å². The first-order chi connectivity index (χ1) is 12.5. The molecule has 1 aliphatic rings. The summed E-state index contributed by atoms with van der Waals surface area (Å²) in [6, 6.07) is 0.0803. The number of ether oxygens (including phenoxy) is 1. The lowest BCUT2D eigenvalue weighted by Gasteiger charge is -2.23. The fraction of sp³-hybridized carbons (Fsp3) is 0.714. The molecule has 146 valence electrons. The van der Waals surface area contributed by atoms with Gasteiger partial charge in [-0.2, -0.15) is 0 Å². The molecular weight excluding hydrogens is 330 g/mol. The first kappa shape index (κ1) is 22.2. The molecule has 0 saturated carbocycles. The van der Waals surface area contributed by atoms with E-state index in [0.717, 1.165) is 38.6 Å². The molecule has 1 amide bonds. The van der Waals surface area contributed by atoms with Gasteiger partial charge in [-0.25, -0.2) is 0 Å². The highest BCUT2D eigenvalue weighted by Crippen LogP contribution is 2.21. The summed E-state index contributed by atoms with van der Waals surface area (Å²) in [5.41, 5.74) is 0. The van der Waals surface area contributed by atoms with Crippen LogP contribution < -0.4 is 0 Å². The molecule has 1 N–H and O–H groups in total. The number of unbranched alkanes of at least 4 members (excludes halogenated alkanes) is 3. The molecule has 3 atom stereocenters. The van der Waals surface area contributed by atoms with Crippen LogP contribution in [0.1, 0.15) is 65.2 Å². The molecule has 0 aliphatic carbocycles. The van der Waals surface area contributed by atoms with Crippen LogP contribution in [0, 0.1) is 17.8 Å². The van der Waals surface area contributed by atoms with Crippen LogP contribution in [-0.4, -0.2) is 47.7 Å². The number of rotatable bonds is 11. The van der Waals surface area contributed by atoms with Gasteiger partial charge in [0, 0.05) is 25.8 Å². The van der Waals surface area contributed by atoms with Crippen LogP contribution in [0.2, 0.25) is 0 Å². The number of likely N-dealkylation sites (tertiary alicyclic amines) is 1. The largest absolute Gasteiger partial charge is 0.469 e. The number of esters is 1. The van der Waals surface area contributed by atoms with Gasteiger partial charge in [-0.15, -0.1) is 11.8 Å². The van der Waals surface area contributed by atoms with Crippen molar-refractivity contribution >= 4 is 11.9 Å². The number of aliphatic hydroxyl groups is 1. The maximum absolute atomic E-state index is 12.1. The SMILES string of the molecule is CC#CC[C@H](C)[C@H](O)C=C[C@H]1CCC(=O)N1CCCCCCC(=O)OC. The van der Waals surface area contributed by atoms with Gasteiger partial charge in [0.2, 0.25) is 5.91 Å². The van der Waals surface area contributed by atoms with Crippen molar-refractivity contribution in [2.45, 2.75) is 77.4 Å². The molecule has 0 spiro atoms. The minimum absolute atomic E-state index is 0.0803. The summed E-state index contributed by atoms with van der Waals surface area (Å²) in [4.78, 5) is 25.1. The second-order valence-electron chi connectivity index (χ2n) is 6.92. The Morgan fingerprint density at radius 1 is 1.38 bits per heavy atom. The van der Waals surface area contributed by atoms with Crippen LogP contribution >= 0.6 is 0 Å². The molecule has 1 rings (SSSR count). The normalized spacial score (nSPS) is 19.3. The lowest BCUT2D eigenvalue weighted by atomic mass is 10.00. The molecule has 0 aromatic heterocycles. The van der Waals surface area contributed by atoms with E-state index in [4.69, 9.17) is 0 Å². The van der Waals surface area contributed by atoms with Gasteiger partial charge in [-0.1, -0.05) is 31.9 Å². The van der Waals surface area contributed by atoms with E-state index in [9.17, 15) is 14.7 Å². The molecule has 0 unspecified atom stereocenters. The van der Waals surface area contributed by atoms with Crippen LogP contribution in [-0.2, 0) is 14.3 Å². The number of aliphatic hydroxyl groups excluding tert-OH is 1. The molecule has 26 heavy (non-hydrogen) atoms. The Kier molecular flexibility index (Phi) is 10.7. The zero-order valence-electron chi connectivity index (χ0n) is 16.4. The summed E-state index contributed by atoms with van der Waals surface area (Å²) < 4.78 is 4.62. The highest BCUT2D eigenvalue weighted by molar-refractivity contribution is 5.79. The van der Waals surface area contributed by atoms with Crippen LogP contribution in [0.25, 0.3) is 0 Å². The van der Waals surface area contributed by atoms with Crippen molar-refractivity contribution in [3.8, 4) is 11.8 Å². The Morgan fingerprint density at radius 2 is 2.12 bits per heavy atom. The number of carbonyl (C=O) groups is 2. The average molecular weight is 363 g/mol. The van der Waals surface area contributed by atoms with Crippen LogP contribution in [0.15, 0.2) is 12.2 Å². The van der Waals surface area contributed by atoms with Gasteiger partial charge in [0.05, 0.1) is 19.3 Å². The maximum Gasteiger partial charge on any atom is 0.305 e. The fourth-order valence-corrected chi connectivity index (χ4v) is 3.07. The Labute approximate surface area is 157 Å². The summed E-state index contributed by atoms with van der Waals surface area (Å²) in [6.45, 7) is 4.51. The van der Waals surface area contributed by atoms with Crippen molar-refractivity contribution < 1.29 is 19.4 Å². The van der Waals surface area contributed by atoms with Crippen molar-refractivity contribution in [2.75, 3.05) is 13.7 Å². The van der Waals surface area contributed by atoms with E-state index in [-0.39, 0.29) is 23.8 Å². The molecule has 0 bridgehead atoms. The second-order valence-corrected chi connectivity index (χ2v) is 6.92. The summed E-state index contributed by atoms with van der Waals surface area (Å²) >= 11 is 0. The molecular formula is C21H33NO4. The van der Waals surface area contributed by atoms with Gasteiger partial charge < -0.3 is 14.7 Å². The number of hydrogen-bond acceptors (Lipinski definition) is 4. The molecule has 1 heterocycles. The van der Waals surface area contributed by atoms with E-state index in [0.29, 0.717) is 19.3 Å². The van der Waals surface area contributed by atoms with E-state index < -0.39 is 6.10 Å². The first-order valence-electron chi connectivity index (χ1n) is 9.61. The van der Waals surface area contributed by atoms with Crippen molar-refractivity contribution in [1.29, 1.82) is 0 Å². The second kappa shape index (κ2) is 12.5. The molecule has 1 saturated heterocycles. The van der Waals surface area contributed by atoms with Crippen LogP contribution in [0.5, 0.6) is 0 Å². The smallest absolute Gasteiger partial charge is 0.305 e. The lowest BCUT2D eigenvalue weighted by molar-refractivity contribution is -0.140. The average Bonchev–Trinajstić information content (AvgIpc) is 2.99. The minimum atomic E-state index is -0.535. The topological polar surface area (TPSA) is 66.8 Å². The molecule has 0 aromatic rings. The van der Waals surface area contributed by atoms with Gasteiger partial charge in [-0.05, 0) is 32.1 Å². The highest BCUT2D eigenvalue weighted by Gasteiger charge is 2.28. The van der Waals surface area contributed by atoms with E-state index in [1.807, 2.05) is 24.0 Å². The van der Waals surface area contributed by atoms with Crippen LogP contribution in [0.4, 0.5) is 0 Å². The van der Waals surface area contributed by atoms with Gasteiger partial charge in [0.15, 0.2) is 0 Å². The predicted octanol–water partition coefficient (Wildman–Crippen LogP) is 3.07. The Balaban J connectivity index is 2.36. The van der Waals surface area contributed by atoms with Crippen molar-refractivity contribution in [3.63, 3.8) is 0 Å².